The van der Waals surface area contributed by atoms with Crippen LogP contribution in [0, 0.1) is 11.8 Å². The number of nitrogens with one attached hydrogen (secondary N) is 2. The molecule has 27 heavy (non-hydrogen) atoms. The maximum absolute atomic E-state index is 12.4. The maximum atomic E-state index is 12.4. The van der Waals surface area contributed by atoms with Crippen LogP contribution in [-0.4, -0.2) is 43.8 Å². The number of imide groups is 1. The summed E-state index contributed by atoms with van der Waals surface area (Å²) >= 11 is 0. The van der Waals surface area contributed by atoms with E-state index in [9.17, 15) is 22.8 Å². The second-order valence-corrected chi connectivity index (χ2v) is 8.83. The van der Waals surface area contributed by atoms with Crippen LogP contribution in [0.15, 0.2) is 24.3 Å². The Morgan fingerprint density at radius 1 is 1.11 bits per heavy atom. The molecule has 146 valence electrons. The zero-order valence-electron chi connectivity index (χ0n) is 15.1. The molecule has 2 unspecified atom stereocenters. The van der Waals surface area contributed by atoms with E-state index in [2.05, 4.69) is 10.0 Å². The number of fused-ring (bicyclic) bond motifs is 1. The molecule has 1 aromatic rings. The summed E-state index contributed by atoms with van der Waals surface area (Å²) in [5.41, 5.74) is 0.769. The summed E-state index contributed by atoms with van der Waals surface area (Å²) in [6.07, 6.45) is 4.47. The molecule has 1 aliphatic heterocycles. The van der Waals surface area contributed by atoms with Gasteiger partial charge >= 0.3 is 0 Å². The van der Waals surface area contributed by atoms with Gasteiger partial charge in [0.2, 0.25) is 27.7 Å². The van der Waals surface area contributed by atoms with Gasteiger partial charge in [0.1, 0.15) is 0 Å². The highest BCUT2D eigenvalue weighted by Gasteiger charge is 2.47. The van der Waals surface area contributed by atoms with E-state index in [-0.39, 0.29) is 42.5 Å². The van der Waals surface area contributed by atoms with Crippen LogP contribution < -0.4 is 10.0 Å². The van der Waals surface area contributed by atoms with Gasteiger partial charge in [-0.25, -0.2) is 8.42 Å². The number of hydrogen-bond acceptors (Lipinski definition) is 5. The Labute approximate surface area is 158 Å². The van der Waals surface area contributed by atoms with E-state index in [1.165, 1.54) is 11.0 Å². The predicted molar refractivity (Wildman–Crippen MR) is 100 cm³/mol. The summed E-state index contributed by atoms with van der Waals surface area (Å²) in [6, 6.07) is 6.31. The standard InChI is InChI=1S/C18H23N3O5S/c1-27(25,26)20-13-6-4-5-12(11-13)19-16(22)9-10-21-17(23)14-7-2-3-8-15(14)18(21)24/h4-6,11,14-15,20H,2-3,7-10H2,1H3,(H,19,22). The van der Waals surface area contributed by atoms with E-state index in [1.54, 1.807) is 18.2 Å². The summed E-state index contributed by atoms with van der Waals surface area (Å²) in [5.74, 6) is -1.09. The lowest BCUT2D eigenvalue weighted by atomic mass is 9.81. The lowest BCUT2D eigenvalue weighted by molar-refractivity contribution is -0.140. The average Bonchev–Trinajstić information content (AvgIpc) is 2.83. The first-order valence-electron chi connectivity index (χ1n) is 8.97. The van der Waals surface area contributed by atoms with Gasteiger partial charge in [0.25, 0.3) is 0 Å². The molecular weight excluding hydrogens is 370 g/mol. The van der Waals surface area contributed by atoms with E-state index >= 15 is 0 Å². The first-order valence-corrected chi connectivity index (χ1v) is 10.9. The molecule has 0 bridgehead atoms. The fraction of sp³-hybridized carbons (Fsp3) is 0.500. The van der Waals surface area contributed by atoms with Crippen molar-refractivity contribution in [2.24, 2.45) is 11.8 Å². The molecule has 1 heterocycles. The number of nitrogens with zero attached hydrogens (tertiary/aromatic N) is 1. The van der Waals surface area contributed by atoms with E-state index in [0.717, 1.165) is 31.9 Å². The van der Waals surface area contributed by atoms with Crippen molar-refractivity contribution < 1.29 is 22.8 Å². The first kappa shape index (κ1) is 19.3. The van der Waals surface area contributed by atoms with Crippen LogP contribution in [0.3, 0.4) is 0 Å². The highest BCUT2D eigenvalue weighted by atomic mass is 32.2. The molecule has 2 aliphatic rings. The fourth-order valence-electron chi connectivity index (χ4n) is 3.76. The Bertz CT molecular complexity index is 844. The minimum Gasteiger partial charge on any atom is -0.326 e. The first-order chi connectivity index (χ1) is 12.7. The number of amides is 3. The summed E-state index contributed by atoms with van der Waals surface area (Å²) in [6.45, 7) is 0.0672. The molecule has 3 rings (SSSR count). The van der Waals surface area contributed by atoms with Crippen LogP contribution in [0.2, 0.25) is 0 Å². The summed E-state index contributed by atoms with van der Waals surface area (Å²) in [5, 5.41) is 2.66. The largest absolute Gasteiger partial charge is 0.326 e. The van der Waals surface area contributed by atoms with Gasteiger partial charge < -0.3 is 5.32 Å². The Hall–Kier alpha value is -2.42. The molecule has 2 N–H and O–H groups in total. The van der Waals surface area contributed by atoms with Gasteiger partial charge in [0, 0.05) is 18.7 Å². The smallest absolute Gasteiger partial charge is 0.233 e. The fourth-order valence-corrected chi connectivity index (χ4v) is 4.32. The van der Waals surface area contributed by atoms with E-state index < -0.39 is 10.0 Å². The average molecular weight is 393 g/mol. The number of carbonyl (C=O) groups excluding carboxylic acids is 3. The molecule has 1 saturated carbocycles. The van der Waals surface area contributed by atoms with Gasteiger partial charge in [0.15, 0.2) is 0 Å². The van der Waals surface area contributed by atoms with Crippen molar-refractivity contribution in [3.63, 3.8) is 0 Å². The van der Waals surface area contributed by atoms with Crippen LogP contribution in [0.1, 0.15) is 32.1 Å². The van der Waals surface area contributed by atoms with E-state index in [0.29, 0.717) is 11.4 Å². The molecule has 0 radical (unpaired) electrons. The minimum absolute atomic E-state index is 0.000647. The SMILES string of the molecule is CS(=O)(=O)Nc1cccc(NC(=O)CCN2C(=O)C3CCCCC3C2=O)c1. The van der Waals surface area contributed by atoms with E-state index in [4.69, 9.17) is 0 Å². The Morgan fingerprint density at radius 2 is 1.70 bits per heavy atom. The monoisotopic (exact) mass is 393 g/mol. The number of rotatable bonds is 6. The number of carbonyl (C=O) groups is 3. The molecule has 9 heteroatoms. The van der Waals surface area contributed by atoms with E-state index in [1.807, 2.05) is 0 Å². The second kappa shape index (κ2) is 7.67. The topological polar surface area (TPSA) is 113 Å². The van der Waals surface area contributed by atoms with Crippen LogP contribution >= 0.6 is 0 Å². The lowest BCUT2D eigenvalue weighted by Crippen LogP contribution is -2.34. The van der Waals surface area contributed by atoms with Gasteiger partial charge in [-0.05, 0) is 31.0 Å². The number of sulfonamides is 1. The van der Waals surface area contributed by atoms with Crippen LogP contribution in [0.5, 0.6) is 0 Å². The third-order valence-electron chi connectivity index (χ3n) is 4.94. The molecule has 1 saturated heterocycles. The van der Waals surface area contributed by atoms with Crippen LogP contribution in [-0.2, 0) is 24.4 Å². The normalized spacial score (nSPS) is 22.5. The number of hydrogen-bond donors (Lipinski definition) is 2. The Balaban J connectivity index is 1.56. The maximum Gasteiger partial charge on any atom is 0.233 e. The highest BCUT2D eigenvalue weighted by molar-refractivity contribution is 7.92. The van der Waals surface area contributed by atoms with Gasteiger partial charge in [-0.3, -0.25) is 24.0 Å². The third-order valence-corrected chi connectivity index (χ3v) is 5.55. The molecule has 3 amide bonds. The van der Waals surface area contributed by atoms with Crippen molar-refractivity contribution in [1.29, 1.82) is 0 Å². The minimum atomic E-state index is -3.41. The number of benzene rings is 1. The molecule has 2 atom stereocenters. The Morgan fingerprint density at radius 3 is 2.30 bits per heavy atom. The van der Waals surface area contributed by atoms with Crippen molar-refractivity contribution in [3.05, 3.63) is 24.3 Å². The Kier molecular flexibility index (Phi) is 5.50. The predicted octanol–water partition coefficient (Wildman–Crippen LogP) is 1.56. The number of likely N-dealkylation sites (tertiary alicyclic amines) is 1. The number of anilines is 2. The van der Waals surface area contributed by atoms with Crippen molar-refractivity contribution in [2.45, 2.75) is 32.1 Å². The van der Waals surface area contributed by atoms with Crippen molar-refractivity contribution >= 4 is 39.1 Å². The highest BCUT2D eigenvalue weighted by Crippen LogP contribution is 2.37. The lowest BCUT2D eigenvalue weighted by Gasteiger charge is -2.19. The van der Waals surface area contributed by atoms with Gasteiger partial charge in [-0.2, -0.15) is 0 Å². The summed E-state index contributed by atoms with van der Waals surface area (Å²) in [7, 11) is -3.41. The molecule has 2 fully saturated rings. The van der Waals surface area contributed by atoms with Gasteiger partial charge in [-0.1, -0.05) is 18.9 Å². The van der Waals surface area contributed by atoms with Crippen LogP contribution in [0.25, 0.3) is 0 Å². The molecular formula is C18H23N3O5S. The molecule has 0 spiro atoms. The van der Waals surface area contributed by atoms with Crippen molar-refractivity contribution in [2.75, 3.05) is 22.8 Å². The molecule has 1 aromatic carbocycles. The summed E-state index contributed by atoms with van der Waals surface area (Å²) < 4.78 is 24.9. The van der Waals surface area contributed by atoms with Crippen LogP contribution in [0.4, 0.5) is 11.4 Å². The quantitative estimate of drug-likeness (QED) is 0.712. The zero-order chi connectivity index (χ0) is 19.6. The van der Waals surface area contributed by atoms with Crippen molar-refractivity contribution in [1.82, 2.24) is 4.90 Å². The zero-order valence-corrected chi connectivity index (χ0v) is 15.9. The second-order valence-electron chi connectivity index (χ2n) is 7.08. The van der Waals surface area contributed by atoms with Gasteiger partial charge in [-0.15, -0.1) is 0 Å². The molecule has 1 aliphatic carbocycles. The van der Waals surface area contributed by atoms with Gasteiger partial charge in [0.05, 0.1) is 23.8 Å². The van der Waals surface area contributed by atoms with Crippen molar-refractivity contribution in [3.8, 4) is 0 Å². The molecule has 0 aromatic heterocycles. The third kappa shape index (κ3) is 4.65. The molecule has 8 nitrogen and oxygen atoms in total. The summed E-state index contributed by atoms with van der Waals surface area (Å²) in [4.78, 5) is 38.2.